The van der Waals surface area contributed by atoms with Crippen LogP contribution in [0, 0.1) is 5.92 Å². The number of nitrogens with zero attached hydrogens (tertiary/aromatic N) is 2. The van der Waals surface area contributed by atoms with E-state index in [1.54, 1.807) is 0 Å². The Hall–Kier alpha value is -0.0600. The Labute approximate surface area is 110 Å². The number of rotatable bonds is 6. The summed E-state index contributed by atoms with van der Waals surface area (Å²) < 4.78 is 15.6. The number of hydrogen-bond acceptors (Lipinski definition) is 3. The molecule has 0 saturated heterocycles. The minimum atomic E-state index is -1.15. The SMILES string of the molecule is CCC(C)CN(C)C(C)C=N[S+]([O-])C(C)(C)C. The molecular formula is C13H28N2OS. The average Bonchev–Trinajstić information content (AvgIpc) is 2.23. The van der Waals surface area contributed by atoms with E-state index in [-0.39, 0.29) is 10.8 Å². The Morgan fingerprint density at radius 2 is 1.88 bits per heavy atom. The van der Waals surface area contributed by atoms with Crippen molar-refractivity contribution in [3.05, 3.63) is 0 Å². The summed E-state index contributed by atoms with van der Waals surface area (Å²) in [5.74, 6) is 0.684. The zero-order chi connectivity index (χ0) is 13.6. The molecule has 0 aromatic heterocycles. The highest BCUT2D eigenvalue weighted by Gasteiger charge is 2.26. The van der Waals surface area contributed by atoms with Crippen LogP contribution in [0.2, 0.25) is 0 Å². The predicted octanol–water partition coefficient (Wildman–Crippen LogP) is 2.89. The van der Waals surface area contributed by atoms with Crippen molar-refractivity contribution in [1.82, 2.24) is 4.90 Å². The van der Waals surface area contributed by atoms with Gasteiger partial charge in [-0.2, -0.15) is 0 Å². The molecule has 3 unspecified atom stereocenters. The molecule has 102 valence electrons. The fraction of sp³-hybridized carbons (Fsp3) is 0.923. The molecule has 0 saturated carbocycles. The molecule has 17 heavy (non-hydrogen) atoms. The van der Waals surface area contributed by atoms with Crippen LogP contribution < -0.4 is 0 Å². The lowest BCUT2D eigenvalue weighted by molar-refractivity contribution is 0.267. The summed E-state index contributed by atoms with van der Waals surface area (Å²) in [5, 5.41) is 0. The highest BCUT2D eigenvalue weighted by molar-refractivity contribution is 7.91. The lowest BCUT2D eigenvalue weighted by atomic mass is 10.1. The van der Waals surface area contributed by atoms with E-state index in [1.165, 1.54) is 6.42 Å². The molecule has 0 aromatic rings. The quantitative estimate of drug-likeness (QED) is 0.544. The topological polar surface area (TPSA) is 38.7 Å². The first kappa shape index (κ1) is 16.9. The Bertz CT molecular complexity index is 238. The van der Waals surface area contributed by atoms with Gasteiger partial charge in [-0.3, -0.25) is 4.90 Å². The predicted molar refractivity (Wildman–Crippen MR) is 77.9 cm³/mol. The second-order valence-electron chi connectivity index (χ2n) is 5.81. The van der Waals surface area contributed by atoms with E-state index < -0.39 is 11.4 Å². The molecule has 0 spiro atoms. The maximum Gasteiger partial charge on any atom is 0.144 e. The van der Waals surface area contributed by atoms with Gasteiger partial charge in [0.1, 0.15) is 16.1 Å². The molecule has 0 heterocycles. The lowest BCUT2D eigenvalue weighted by Gasteiger charge is -2.24. The third-order valence-electron chi connectivity index (χ3n) is 2.89. The molecule has 0 amide bonds. The maximum atomic E-state index is 11.8. The van der Waals surface area contributed by atoms with Crippen LogP contribution in [0.3, 0.4) is 0 Å². The van der Waals surface area contributed by atoms with E-state index >= 15 is 0 Å². The van der Waals surface area contributed by atoms with Crippen LogP contribution in [0.1, 0.15) is 48.0 Å². The molecule has 0 N–H and O–H groups in total. The molecular weight excluding hydrogens is 232 g/mol. The molecule has 0 bridgehead atoms. The van der Waals surface area contributed by atoms with Gasteiger partial charge in [-0.1, -0.05) is 24.7 Å². The Balaban J connectivity index is 4.24. The van der Waals surface area contributed by atoms with E-state index in [2.05, 4.69) is 37.1 Å². The van der Waals surface area contributed by atoms with E-state index in [0.717, 1.165) is 6.54 Å². The minimum Gasteiger partial charge on any atom is -0.591 e. The first-order chi connectivity index (χ1) is 7.68. The monoisotopic (exact) mass is 260 g/mol. The summed E-state index contributed by atoms with van der Waals surface area (Å²) in [6.45, 7) is 13.4. The van der Waals surface area contributed by atoms with Crippen LogP contribution in [-0.2, 0) is 11.4 Å². The number of hydrogen-bond donors (Lipinski definition) is 0. The van der Waals surface area contributed by atoms with E-state index in [4.69, 9.17) is 0 Å². The fourth-order valence-electron chi connectivity index (χ4n) is 1.20. The zero-order valence-electron chi connectivity index (χ0n) is 12.4. The Morgan fingerprint density at radius 3 is 2.29 bits per heavy atom. The van der Waals surface area contributed by atoms with Gasteiger partial charge >= 0.3 is 0 Å². The fourth-order valence-corrected chi connectivity index (χ4v) is 1.81. The zero-order valence-corrected chi connectivity index (χ0v) is 13.2. The van der Waals surface area contributed by atoms with Crippen LogP contribution >= 0.6 is 0 Å². The standard InChI is InChI=1S/C13H28N2OS/c1-8-11(2)10-15(7)12(3)9-14-17(16)13(4,5)6/h9,11-12H,8,10H2,1-7H3. The highest BCUT2D eigenvalue weighted by atomic mass is 32.2. The van der Waals surface area contributed by atoms with Crippen molar-refractivity contribution in [2.45, 2.75) is 58.8 Å². The van der Waals surface area contributed by atoms with E-state index in [1.807, 2.05) is 27.0 Å². The molecule has 0 rings (SSSR count). The second kappa shape index (κ2) is 7.39. The van der Waals surface area contributed by atoms with Crippen molar-refractivity contribution in [3.8, 4) is 0 Å². The van der Waals surface area contributed by atoms with Crippen LogP contribution in [0.25, 0.3) is 0 Å². The molecule has 3 nitrogen and oxygen atoms in total. The molecule has 0 aliphatic carbocycles. The van der Waals surface area contributed by atoms with Crippen LogP contribution in [0.15, 0.2) is 4.40 Å². The molecule has 0 aliphatic heterocycles. The molecule has 0 aliphatic rings. The van der Waals surface area contributed by atoms with Gasteiger partial charge in [0.15, 0.2) is 0 Å². The first-order valence-electron chi connectivity index (χ1n) is 6.34. The molecule has 0 radical (unpaired) electrons. The van der Waals surface area contributed by atoms with Crippen molar-refractivity contribution < 1.29 is 4.55 Å². The van der Waals surface area contributed by atoms with Gasteiger partial charge in [-0.15, -0.1) is 0 Å². The van der Waals surface area contributed by atoms with Crippen LogP contribution in [0.5, 0.6) is 0 Å². The summed E-state index contributed by atoms with van der Waals surface area (Å²) in [6.07, 6.45) is 2.99. The van der Waals surface area contributed by atoms with Gasteiger partial charge in [0.05, 0.1) is 6.21 Å². The normalized spacial score (nSPS) is 18.6. The van der Waals surface area contributed by atoms with Crippen molar-refractivity contribution in [2.75, 3.05) is 13.6 Å². The largest absolute Gasteiger partial charge is 0.591 e. The third kappa shape index (κ3) is 7.06. The van der Waals surface area contributed by atoms with Gasteiger partial charge in [-0.25, -0.2) is 0 Å². The third-order valence-corrected chi connectivity index (χ3v) is 4.25. The van der Waals surface area contributed by atoms with Crippen LogP contribution in [-0.4, -0.2) is 40.0 Å². The van der Waals surface area contributed by atoms with Gasteiger partial charge in [0, 0.05) is 12.6 Å². The molecule has 0 aromatic carbocycles. The van der Waals surface area contributed by atoms with Gasteiger partial charge < -0.3 is 4.55 Å². The first-order valence-corrected chi connectivity index (χ1v) is 7.45. The Kier molecular flexibility index (Phi) is 7.37. The molecule has 4 heteroatoms. The summed E-state index contributed by atoms with van der Waals surface area (Å²) in [6, 6.07) is 0.232. The summed E-state index contributed by atoms with van der Waals surface area (Å²) in [4.78, 5) is 2.25. The Morgan fingerprint density at radius 1 is 1.35 bits per heavy atom. The summed E-state index contributed by atoms with van der Waals surface area (Å²) >= 11 is -1.15. The second-order valence-corrected chi connectivity index (χ2v) is 7.74. The maximum absolute atomic E-state index is 11.8. The van der Waals surface area contributed by atoms with Crippen LogP contribution in [0.4, 0.5) is 0 Å². The average molecular weight is 260 g/mol. The van der Waals surface area contributed by atoms with Gasteiger partial charge in [0.2, 0.25) is 0 Å². The van der Waals surface area contributed by atoms with Crippen molar-refractivity contribution in [1.29, 1.82) is 0 Å². The van der Waals surface area contributed by atoms with Gasteiger partial charge in [-0.05, 0) is 40.7 Å². The van der Waals surface area contributed by atoms with E-state index in [9.17, 15) is 4.55 Å². The minimum absolute atomic E-state index is 0.232. The summed E-state index contributed by atoms with van der Waals surface area (Å²) in [7, 11) is 2.09. The van der Waals surface area contributed by atoms with E-state index in [0.29, 0.717) is 5.92 Å². The summed E-state index contributed by atoms with van der Waals surface area (Å²) in [5.41, 5.74) is 0. The smallest absolute Gasteiger partial charge is 0.144 e. The highest BCUT2D eigenvalue weighted by Crippen LogP contribution is 2.16. The molecule has 3 atom stereocenters. The van der Waals surface area contributed by atoms with Crippen molar-refractivity contribution in [3.63, 3.8) is 0 Å². The van der Waals surface area contributed by atoms with Crippen molar-refractivity contribution in [2.24, 2.45) is 10.3 Å². The molecule has 0 fully saturated rings. The van der Waals surface area contributed by atoms with Gasteiger partial charge in [0.25, 0.3) is 0 Å². The van der Waals surface area contributed by atoms with Crippen molar-refractivity contribution >= 4 is 17.6 Å². The lowest BCUT2D eigenvalue weighted by Crippen LogP contribution is -2.35.